The molecule has 1 heterocycles. The van der Waals surface area contributed by atoms with Crippen LogP contribution in [0.1, 0.15) is 29.4 Å². The molecule has 6 nitrogen and oxygen atoms in total. The second-order valence-electron chi connectivity index (χ2n) is 6.66. The molecule has 0 radical (unpaired) electrons. The molecule has 2 aromatic carbocycles. The van der Waals surface area contributed by atoms with Crippen LogP contribution in [0.2, 0.25) is 0 Å². The largest absolute Gasteiger partial charge is 0.354 e. The zero-order valence-electron chi connectivity index (χ0n) is 16.3. The van der Waals surface area contributed by atoms with Gasteiger partial charge in [0.05, 0.1) is 11.9 Å². The molecule has 3 rings (SSSR count). The second kappa shape index (κ2) is 10.0. The molecule has 0 unspecified atom stereocenters. The zero-order valence-corrected chi connectivity index (χ0v) is 16.3. The van der Waals surface area contributed by atoms with Gasteiger partial charge in [0.15, 0.2) is 0 Å². The lowest BCUT2D eigenvalue weighted by Crippen LogP contribution is -2.25. The molecule has 0 aliphatic carbocycles. The maximum atomic E-state index is 12.2. The maximum Gasteiger partial charge on any atom is 0.269 e. The monoisotopic (exact) mass is 388 g/mol. The number of hydrogen-bond acceptors (Lipinski definition) is 4. The Morgan fingerprint density at radius 1 is 0.897 bits per heavy atom. The van der Waals surface area contributed by atoms with Crippen molar-refractivity contribution in [2.45, 2.75) is 19.8 Å². The van der Waals surface area contributed by atoms with Crippen molar-refractivity contribution in [1.29, 1.82) is 0 Å². The minimum atomic E-state index is -0.183. The lowest BCUT2D eigenvalue weighted by molar-refractivity contribution is -0.114. The van der Waals surface area contributed by atoms with Crippen molar-refractivity contribution < 1.29 is 9.59 Å². The summed E-state index contributed by atoms with van der Waals surface area (Å²) in [5, 5.41) is 8.85. The molecule has 0 fully saturated rings. The highest BCUT2D eigenvalue weighted by molar-refractivity contribution is 5.92. The Labute approximate surface area is 170 Å². The van der Waals surface area contributed by atoms with E-state index in [1.54, 1.807) is 18.3 Å². The number of nitrogens with one attached hydrogen (secondary N) is 3. The van der Waals surface area contributed by atoms with Crippen molar-refractivity contribution in [3.8, 4) is 0 Å². The Hall–Kier alpha value is -3.67. The van der Waals surface area contributed by atoms with Gasteiger partial charge in [0, 0.05) is 24.8 Å². The van der Waals surface area contributed by atoms with E-state index in [2.05, 4.69) is 33.1 Å². The van der Waals surface area contributed by atoms with Crippen molar-refractivity contribution in [2.75, 3.05) is 17.2 Å². The first-order chi connectivity index (χ1) is 14.1. The first-order valence-electron chi connectivity index (χ1n) is 9.53. The quantitative estimate of drug-likeness (QED) is 0.506. The number of pyridine rings is 1. The lowest BCUT2D eigenvalue weighted by atomic mass is 10.1. The number of amides is 2. The minimum absolute atomic E-state index is 0.122. The van der Waals surface area contributed by atoms with E-state index < -0.39 is 0 Å². The molecule has 2 amide bonds. The topological polar surface area (TPSA) is 83.1 Å². The smallest absolute Gasteiger partial charge is 0.269 e. The van der Waals surface area contributed by atoms with Gasteiger partial charge in [-0.05, 0) is 48.7 Å². The van der Waals surface area contributed by atoms with Crippen LogP contribution < -0.4 is 16.0 Å². The van der Waals surface area contributed by atoms with Crippen LogP contribution in [0.15, 0.2) is 72.9 Å². The van der Waals surface area contributed by atoms with Gasteiger partial charge in [-0.3, -0.25) is 9.59 Å². The van der Waals surface area contributed by atoms with Gasteiger partial charge in [0.2, 0.25) is 5.91 Å². The second-order valence-corrected chi connectivity index (χ2v) is 6.66. The third kappa shape index (κ3) is 6.46. The van der Waals surface area contributed by atoms with E-state index >= 15 is 0 Å². The molecule has 0 saturated heterocycles. The number of nitrogens with zero attached hydrogens (tertiary/aromatic N) is 1. The molecular formula is C23H24N4O2. The summed E-state index contributed by atoms with van der Waals surface area (Å²) in [7, 11) is 0. The van der Waals surface area contributed by atoms with Gasteiger partial charge in [-0.25, -0.2) is 4.98 Å². The zero-order chi connectivity index (χ0) is 20.5. The van der Waals surface area contributed by atoms with Crippen LogP contribution in [0, 0.1) is 0 Å². The summed E-state index contributed by atoms with van der Waals surface area (Å²) in [6, 6.07) is 21.1. The highest BCUT2D eigenvalue weighted by atomic mass is 16.2. The molecule has 1 aromatic heterocycles. The summed E-state index contributed by atoms with van der Waals surface area (Å²) in [4.78, 5) is 27.6. The average Bonchev–Trinajstić information content (AvgIpc) is 2.72. The molecule has 0 spiro atoms. The summed E-state index contributed by atoms with van der Waals surface area (Å²) in [6.45, 7) is 2.07. The predicted octanol–water partition coefficient (Wildman–Crippen LogP) is 4.15. The SMILES string of the molecule is CC(=O)Nc1cccc(Nc2ccc(C(=O)NCCCc3ccccc3)nc2)c1. The van der Waals surface area contributed by atoms with Gasteiger partial charge in [0.25, 0.3) is 5.91 Å². The number of carbonyl (C=O) groups excluding carboxylic acids is 2. The van der Waals surface area contributed by atoms with Crippen molar-refractivity contribution in [3.63, 3.8) is 0 Å². The summed E-state index contributed by atoms with van der Waals surface area (Å²) >= 11 is 0. The molecule has 0 aliphatic heterocycles. The van der Waals surface area contributed by atoms with E-state index in [0.717, 1.165) is 24.2 Å². The van der Waals surface area contributed by atoms with Crippen molar-refractivity contribution in [1.82, 2.24) is 10.3 Å². The number of aromatic nitrogens is 1. The van der Waals surface area contributed by atoms with Crippen LogP contribution in [0.4, 0.5) is 17.1 Å². The van der Waals surface area contributed by atoms with Crippen LogP contribution >= 0.6 is 0 Å². The average molecular weight is 388 g/mol. The molecule has 3 N–H and O–H groups in total. The first-order valence-corrected chi connectivity index (χ1v) is 9.53. The summed E-state index contributed by atoms with van der Waals surface area (Å²) < 4.78 is 0. The molecule has 0 atom stereocenters. The lowest BCUT2D eigenvalue weighted by Gasteiger charge is -2.09. The van der Waals surface area contributed by atoms with Gasteiger partial charge in [0.1, 0.15) is 5.69 Å². The summed E-state index contributed by atoms with van der Waals surface area (Å²) in [5.41, 5.74) is 3.92. The highest BCUT2D eigenvalue weighted by Gasteiger charge is 2.07. The highest BCUT2D eigenvalue weighted by Crippen LogP contribution is 2.19. The molecular weight excluding hydrogens is 364 g/mol. The van der Waals surface area contributed by atoms with Gasteiger partial charge >= 0.3 is 0 Å². The molecule has 148 valence electrons. The third-order valence-electron chi connectivity index (χ3n) is 4.24. The fourth-order valence-corrected chi connectivity index (χ4v) is 2.88. The first kappa shape index (κ1) is 20.1. The number of rotatable bonds is 8. The Balaban J connectivity index is 1.49. The Bertz CT molecular complexity index is 956. The van der Waals surface area contributed by atoms with E-state index in [-0.39, 0.29) is 11.8 Å². The van der Waals surface area contributed by atoms with E-state index in [0.29, 0.717) is 17.9 Å². The van der Waals surface area contributed by atoms with Crippen LogP contribution in [-0.2, 0) is 11.2 Å². The van der Waals surface area contributed by atoms with Crippen LogP contribution in [0.3, 0.4) is 0 Å². The van der Waals surface area contributed by atoms with Gasteiger partial charge in [-0.2, -0.15) is 0 Å². The predicted molar refractivity (Wildman–Crippen MR) is 115 cm³/mol. The third-order valence-corrected chi connectivity index (χ3v) is 4.24. The Morgan fingerprint density at radius 3 is 2.41 bits per heavy atom. The molecule has 3 aromatic rings. The van der Waals surface area contributed by atoms with E-state index in [4.69, 9.17) is 0 Å². The maximum absolute atomic E-state index is 12.2. The molecule has 29 heavy (non-hydrogen) atoms. The van der Waals surface area contributed by atoms with E-state index in [1.165, 1.54) is 12.5 Å². The number of hydrogen-bond donors (Lipinski definition) is 3. The summed E-state index contributed by atoms with van der Waals surface area (Å²) in [5.74, 6) is -0.305. The van der Waals surface area contributed by atoms with Crippen molar-refractivity contribution >= 4 is 28.9 Å². The van der Waals surface area contributed by atoms with Gasteiger partial charge in [-0.15, -0.1) is 0 Å². The minimum Gasteiger partial charge on any atom is -0.354 e. The summed E-state index contributed by atoms with van der Waals surface area (Å²) in [6.07, 6.45) is 3.42. The van der Waals surface area contributed by atoms with Crippen LogP contribution in [0.5, 0.6) is 0 Å². The van der Waals surface area contributed by atoms with E-state index in [1.807, 2.05) is 42.5 Å². The standard InChI is InChI=1S/C23H24N4O2/c1-17(28)26-19-10-5-11-20(15-19)27-21-12-13-22(25-16-21)23(29)24-14-6-9-18-7-3-2-4-8-18/h2-5,7-8,10-13,15-16,27H,6,9,14H2,1H3,(H,24,29)(H,26,28). The fraction of sp³-hybridized carbons (Fsp3) is 0.174. The molecule has 0 saturated carbocycles. The number of anilines is 3. The van der Waals surface area contributed by atoms with Gasteiger partial charge in [-0.1, -0.05) is 36.4 Å². The van der Waals surface area contributed by atoms with Gasteiger partial charge < -0.3 is 16.0 Å². The number of aryl methyl sites for hydroxylation is 1. The number of benzene rings is 2. The van der Waals surface area contributed by atoms with Crippen LogP contribution in [0.25, 0.3) is 0 Å². The molecule has 0 aliphatic rings. The van der Waals surface area contributed by atoms with E-state index in [9.17, 15) is 9.59 Å². The Morgan fingerprint density at radius 2 is 1.69 bits per heavy atom. The Kier molecular flexibility index (Phi) is 6.95. The normalized spacial score (nSPS) is 10.2. The molecule has 6 heteroatoms. The number of carbonyl (C=O) groups is 2. The van der Waals surface area contributed by atoms with Crippen molar-refractivity contribution in [2.24, 2.45) is 0 Å². The fourth-order valence-electron chi connectivity index (χ4n) is 2.88. The molecule has 0 bridgehead atoms. The van der Waals surface area contributed by atoms with Crippen LogP contribution in [-0.4, -0.2) is 23.3 Å². The van der Waals surface area contributed by atoms with Crippen molar-refractivity contribution in [3.05, 3.63) is 84.2 Å².